The zero-order valence-electron chi connectivity index (χ0n) is 12.6. The summed E-state index contributed by atoms with van der Waals surface area (Å²) >= 11 is 0. The van der Waals surface area contributed by atoms with Crippen LogP contribution in [0.4, 0.5) is 5.69 Å². The van der Waals surface area contributed by atoms with Crippen LogP contribution in [-0.2, 0) is 7.05 Å². The molecule has 0 amide bonds. The Morgan fingerprint density at radius 3 is 2.63 bits per heavy atom. The van der Waals surface area contributed by atoms with Crippen LogP contribution in [0.3, 0.4) is 0 Å². The van der Waals surface area contributed by atoms with Gasteiger partial charge in [-0.2, -0.15) is 5.10 Å². The largest absolute Gasteiger partial charge is 0.363 e. The van der Waals surface area contributed by atoms with Crippen LogP contribution in [0.15, 0.2) is 6.20 Å². The van der Waals surface area contributed by atoms with Gasteiger partial charge in [0.1, 0.15) is 0 Å². The first-order valence-corrected chi connectivity index (χ1v) is 7.56. The quantitative estimate of drug-likeness (QED) is 0.904. The molecule has 1 aromatic heterocycles. The Hall–Kier alpha value is -1.03. The number of piperazine rings is 1. The van der Waals surface area contributed by atoms with E-state index in [1.807, 2.05) is 11.7 Å². The molecule has 0 bridgehead atoms. The van der Waals surface area contributed by atoms with Gasteiger partial charge in [0.2, 0.25) is 0 Å². The van der Waals surface area contributed by atoms with Crippen LogP contribution < -0.4 is 10.2 Å². The Bertz CT molecular complexity index is 447. The van der Waals surface area contributed by atoms with Crippen molar-refractivity contribution in [3.63, 3.8) is 0 Å². The number of aryl methyl sites for hydroxylation is 2. The molecular weight excluding hydrogens is 236 g/mol. The number of rotatable bonds is 3. The molecule has 0 spiro atoms. The van der Waals surface area contributed by atoms with Crippen LogP contribution in [0, 0.1) is 18.8 Å². The minimum atomic E-state index is 0.581. The van der Waals surface area contributed by atoms with Crippen molar-refractivity contribution in [2.45, 2.75) is 45.7 Å². The highest BCUT2D eigenvalue weighted by molar-refractivity contribution is 5.51. The molecule has 1 aliphatic carbocycles. The van der Waals surface area contributed by atoms with Crippen LogP contribution in [0.1, 0.15) is 32.4 Å². The van der Waals surface area contributed by atoms with E-state index in [0.29, 0.717) is 18.0 Å². The maximum atomic E-state index is 4.52. The Morgan fingerprint density at radius 1 is 1.37 bits per heavy atom. The van der Waals surface area contributed by atoms with Crippen molar-refractivity contribution < 1.29 is 0 Å². The maximum absolute atomic E-state index is 4.52. The van der Waals surface area contributed by atoms with Crippen molar-refractivity contribution in [3.8, 4) is 0 Å². The van der Waals surface area contributed by atoms with E-state index >= 15 is 0 Å². The van der Waals surface area contributed by atoms with E-state index in [1.165, 1.54) is 18.5 Å². The van der Waals surface area contributed by atoms with Gasteiger partial charge < -0.3 is 10.2 Å². The Balaban J connectivity index is 1.85. The first-order valence-electron chi connectivity index (χ1n) is 7.56. The first-order chi connectivity index (χ1) is 9.06. The summed E-state index contributed by atoms with van der Waals surface area (Å²) in [6.07, 6.45) is 4.99. The molecule has 4 heteroatoms. The second kappa shape index (κ2) is 4.82. The lowest BCUT2D eigenvalue weighted by Crippen LogP contribution is -2.59. The fraction of sp³-hybridized carbons (Fsp3) is 0.800. The van der Waals surface area contributed by atoms with Gasteiger partial charge in [-0.25, -0.2) is 0 Å². The van der Waals surface area contributed by atoms with Crippen molar-refractivity contribution in [1.29, 1.82) is 0 Å². The highest BCUT2D eigenvalue weighted by atomic mass is 15.3. The van der Waals surface area contributed by atoms with Crippen LogP contribution in [0.5, 0.6) is 0 Å². The van der Waals surface area contributed by atoms with Gasteiger partial charge in [-0.3, -0.25) is 4.68 Å². The lowest BCUT2D eigenvalue weighted by molar-refractivity contribution is 0.320. The van der Waals surface area contributed by atoms with E-state index in [0.717, 1.165) is 24.7 Å². The fourth-order valence-corrected chi connectivity index (χ4v) is 3.35. The summed E-state index contributed by atoms with van der Waals surface area (Å²) in [5, 5.41) is 8.29. The SMILES string of the molecule is Cc1nn(C)cc1N1CC(C2CC2)NCC1C(C)C. The number of aromatic nitrogens is 2. The van der Waals surface area contributed by atoms with Crippen LogP contribution in [-0.4, -0.2) is 35.0 Å². The van der Waals surface area contributed by atoms with Crippen molar-refractivity contribution >= 4 is 5.69 Å². The number of anilines is 1. The van der Waals surface area contributed by atoms with Gasteiger partial charge in [-0.15, -0.1) is 0 Å². The van der Waals surface area contributed by atoms with Gasteiger partial charge in [-0.1, -0.05) is 13.8 Å². The summed E-state index contributed by atoms with van der Waals surface area (Å²) in [6.45, 7) is 9.01. The second-order valence-electron chi connectivity index (χ2n) is 6.59. The third-order valence-corrected chi connectivity index (χ3v) is 4.64. The monoisotopic (exact) mass is 262 g/mol. The van der Waals surface area contributed by atoms with E-state index < -0.39 is 0 Å². The smallest absolute Gasteiger partial charge is 0.0827 e. The predicted octanol–water partition coefficient (Wildman–Crippen LogP) is 1.94. The molecule has 2 unspecified atom stereocenters. The molecule has 2 aliphatic rings. The van der Waals surface area contributed by atoms with Crippen molar-refractivity contribution in [2.75, 3.05) is 18.0 Å². The van der Waals surface area contributed by atoms with Crippen LogP contribution in [0.25, 0.3) is 0 Å². The van der Waals surface area contributed by atoms with Crippen molar-refractivity contribution in [2.24, 2.45) is 18.9 Å². The lowest BCUT2D eigenvalue weighted by atomic mass is 9.96. The molecule has 1 saturated heterocycles. The second-order valence-corrected chi connectivity index (χ2v) is 6.59. The average molecular weight is 262 g/mol. The average Bonchev–Trinajstić information content (AvgIpc) is 3.14. The summed E-state index contributed by atoms with van der Waals surface area (Å²) in [6, 6.07) is 1.26. The predicted molar refractivity (Wildman–Crippen MR) is 78.4 cm³/mol. The molecule has 1 aliphatic heterocycles. The van der Waals surface area contributed by atoms with Gasteiger partial charge in [-0.05, 0) is 31.6 Å². The molecule has 19 heavy (non-hydrogen) atoms. The molecule has 0 aromatic carbocycles. The molecular formula is C15H26N4. The number of hydrogen-bond acceptors (Lipinski definition) is 3. The maximum Gasteiger partial charge on any atom is 0.0827 e. The number of nitrogens with one attached hydrogen (secondary N) is 1. The summed E-state index contributed by atoms with van der Waals surface area (Å²) in [5.74, 6) is 1.57. The highest BCUT2D eigenvalue weighted by Crippen LogP contribution is 2.36. The fourth-order valence-electron chi connectivity index (χ4n) is 3.35. The van der Waals surface area contributed by atoms with E-state index in [1.54, 1.807) is 0 Å². The summed E-state index contributed by atoms with van der Waals surface area (Å²) < 4.78 is 1.94. The van der Waals surface area contributed by atoms with Gasteiger partial charge in [0.25, 0.3) is 0 Å². The Morgan fingerprint density at radius 2 is 2.11 bits per heavy atom. The molecule has 2 heterocycles. The summed E-state index contributed by atoms with van der Waals surface area (Å²) in [5.41, 5.74) is 2.48. The minimum Gasteiger partial charge on any atom is -0.363 e. The molecule has 2 fully saturated rings. The van der Waals surface area contributed by atoms with E-state index in [-0.39, 0.29) is 0 Å². The molecule has 3 rings (SSSR count). The molecule has 2 atom stereocenters. The minimum absolute atomic E-state index is 0.581. The zero-order valence-corrected chi connectivity index (χ0v) is 12.6. The third-order valence-electron chi connectivity index (χ3n) is 4.64. The lowest BCUT2D eigenvalue weighted by Gasteiger charge is -2.43. The first kappa shape index (κ1) is 13.0. The molecule has 0 radical (unpaired) electrons. The van der Waals surface area contributed by atoms with E-state index in [2.05, 4.69) is 42.3 Å². The van der Waals surface area contributed by atoms with Gasteiger partial charge in [0.15, 0.2) is 0 Å². The van der Waals surface area contributed by atoms with E-state index in [9.17, 15) is 0 Å². The molecule has 1 aromatic rings. The Labute approximate surface area is 116 Å². The van der Waals surface area contributed by atoms with Crippen LogP contribution >= 0.6 is 0 Å². The third kappa shape index (κ3) is 2.50. The van der Waals surface area contributed by atoms with Crippen LogP contribution in [0.2, 0.25) is 0 Å². The van der Waals surface area contributed by atoms with Gasteiger partial charge in [0, 0.05) is 38.4 Å². The van der Waals surface area contributed by atoms with Crippen molar-refractivity contribution in [3.05, 3.63) is 11.9 Å². The molecule has 106 valence electrons. The van der Waals surface area contributed by atoms with E-state index in [4.69, 9.17) is 0 Å². The molecule has 1 N–H and O–H groups in total. The van der Waals surface area contributed by atoms with Gasteiger partial charge in [0.05, 0.1) is 11.4 Å². The number of nitrogens with zero attached hydrogens (tertiary/aromatic N) is 3. The van der Waals surface area contributed by atoms with Crippen molar-refractivity contribution in [1.82, 2.24) is 15.1 Å². The Kier molecular flexibility index (Phi) is 3.29. The number of hydrogen-bond donors (Lipinski definition) is 1. The summed E-state index contributed by atoms with van der Waals surface area (Å²) in [7, 11) is 2.02. The topological polar surface area (TPSA) is 33.1 Å². The normalized spacial score (nSPS) is 28.2. The highest BCUT2D eigenvalue weighted by Gasteiger charge is 2.38. The standard InChI is InChI=1S/C15H26N4/c1-10(2)14-7-16-13(12-5-6-12)8-19(14)15-9-18(4)17-11(15)3/h9-10,12-14,16H,5-8H2,1-4H3. The zero-order chi connectivity index (χ0) is 13.6. The summed E-state index contributed by atoms with van der Waals surface area (Å²) in [4.78, 5) is 2.60. The molecule has 1 saturated carbocycles. The molecule has 4 nitrogen and oxygen atoms in total. The van der Waals surface area contributed by atoms with Gasteiger partial charge >= 0.3 is 0 Å².